The molecule has 0 saturated heterocycles. The van der Waals surface area contributed by atoms with Crippen molar-refractivity contribution in [2.45, 2.75) is 13.3 Å². The van der Waals surface area contributed by atoms with E-state index in [4.69, 9.17) is 4.42 Å². The van der Waals surface area contributed by atoms with Gasteiger partial charge in [-0.3, -0.25) is 4.90 Å². The molecular formula is C54H35N3O. The Kier molecular flexibility index (Phi) is 6.40. The van der Waals surface area contributed by atoms with Gasteiger partial charge in [-0.05, 0) is 102 Å². The number of hydrogen-bond donors (Lipinski definition) is 0. The molecule has 0 atom stereocenters. The quantitative estimate of drug-likeness (QED) is 0.180. The predicted molar refractivity (Wildman–Crippen MR) is 241 cm³/mol. The summed E-state index contributed by atoms with van der Waals surface area (Å²) < 4.78 is 11.8. The Bertz CT molecular complexity index is 3330. The van der Waals surface area contributed by atoms with Crippen molar-refractivity contribution in [1.82, 2.24) is 9.13 Å². The third-order valence-electron chi connectivity index (χ3n) is 12.6. The number of allylic oxidation sites excluding steroid dienone is 1. The second-order valence-electron chi connectivity index (χ2n) is 15.8. The van der Waals surface area contributed by atoms with Crippen LogP contribution in [0.25, 0.3) is 93.9 Å². The van der Waals surface area contributed by atoms with E-state index in [0.717, 1.165) is 51.3 Å². The molecule has 0 saturated carbocycles. The highest BCUT2D eigenvalue weighted by atomic mass is 16.4. The number of anilines is 2. The van der Waals surface area contributed by atoms with Gasteiger partial charge in [-0.25, -0.2) is 0 Å². The molecule has 0 N–H and O–H groups in total. The van der Waals surface area contributed by atoms with E-state index in [1.807, 2.05) is 0 Å². The maximum absolute atomic E-state index is 6.95. The largest absolute Gasteiger partial charge is 0.439 e. The fraction of sp³-hybridized carbons (Fsp3) is 0.0370. The van der Waals surface area contributed by atoms with E-state index in [2.05, 4.69) is 203 Å². The zero-order valence-electron chi connectivity index (χ0n) is 31.8. The second kappa shape index (κ2) is 11.7. The first-order valence-corrected chi connectivity index (χ1v) is 20.1. The molecule has 0 bridgehead atoms. The standard InChI is InChI=1S/C54H35N3O/c1-33-28-35-14-2-9-21-46(35)57-53(33)44-20-4-3-19-43(44)52-45-31-34(26-27-51(45)58-54(52)57)36-29-37(55-47-22-10-5-15-39(47)40-16-6-11-23-48(40)55)32-38(30-36)56-49-24-12-7-17-41(49)42-18-8-13-25-50(42)56/h2-27,29-32H,28H2,1H3. The molecule has 4 nitrogen and oxygen atoms in total. The van der Waals surface area contributed by atoms with Gasteiger partial charge in [0.05, 0.1) is 39.0 Å². The topological polar surface area (TPSA) is 26.2 Å². The van der Waals surface area contributed by atoms with Gasteiger partial charge in [-0.15, -0.1) is 0 Å². The SMILES string of the molecule is CC1=C2c3ccccc3-c3c(oc4ccc(-c5cc(-n6c7ccccc7c7ccccc76)cc(-n6c7ccccc7c7ccccc76)c5)cc34)N2c2ccccc2C1. The van der Waals surface area contributed by atoms with Gasteiger partial charge in [-0.1, -0.05) is 121 Å². The smallest absolute Gasteiger partial charge is 0.213 e. The summed E-state index contributed by atoms with van der Waals surface area (Å²) >= 11 is 0. The number of nitrogens with zero attached hydrogens (tertiary/aromatic N) is 3. The van der Waals surface area contributed by atoms with Crippen molar-refractivity contribution in [3.63, 3.8) is 0 Å². The van der Waals surface area contributed by atoms with Gasteiger partial charge in [0.25, 0.3) is 0 Å². The first-order valence-electron chi connectivity index (χ1n) is 20.1. The lowest BCUT2D eigenvalue weighted by Gasteiger charge is -2.37. The lowest BCUT2D eigenvalue weighted by Crippen LogP contribution is -2.25. The molecule has 0 amide bonds. The molecule has 3 aromatic heterocycles. The van der Waals surface area contributed by atoms with E-state index in [1.165, 1.54) is 77.3 Å². The minimum Gasteiger partial charge on any atom is -0.439 e. The normalized spacial score (nSPS) is 13.4. The number of rotatable bonds is 3. The fourth-order valence-electron chi connectivity index (χ4n) is 10.1. The molecule has 0 spiro atoms. The van der Waals surface area contributed by atoms with Crippen LogP contribution >= 0.6 is 0 Å². The first-order chi connectivity index (χ1) is 28.7. The summed E-state index contributed by atoms with van der Waals surface area (Å²) in [6.07, 6.45) is 0.923. The van der Waals surface area contributed by atoms with Crippen LogP contribution in [0.2, 0.25) is 0 Å². The van der Waals surface area contributed by atoms with E-state index in [-0.39, 0.29) is 0 Å². The van der Waals surface area contributed by atoms with E-state index >= 15 is 0 Å². The van der Waals surface area contributed by atoms with Crippen LogP contribution < -0.4 is 4.90 Å². The lowest BCUT2D eigenvalue weighted by atomic mass is 9.85. The molecule has 13 rings (SSSR count). The van der Waals surface area contributed by atoms with Gasteiger partial charge >= 0.3 is 0 Å². The highest BCUT2D eigenvalue weighted by molar-refractivity contribution is 6.14. The molecular weight excluding hydrogens is 707 g/mol. The molecule has 2 aliphatic rings. The highest BCUT2D eigenvalue weighted by Gasteiger charge is 2.37. The lowest BCUT2D eigenvalue weighted by molar-refractivity contribution is 0.620. The average Bonchev–Trinajstić information content (AvgIpc) is 3.94. The Labute approximate surface area is 334 Å². The number of furan rings is 1. The zero-order chi connectivity index (χ0) is 38.1. The van der Waals surface area contributed by atoms with Gasteiger partial charge in [-0.2, -0.15) is 0 Å². The molecule has 2 aliphatic heterocycles. The summed E-state index contributed by atoms with van der Waals surface area (Å²) in [6.45, 7) is 2.26. The molecule has 0 aliphatic carbocycles. The van der Waals surface area contributed by atoms with E-state index < -0.39 is 0 Å². The number of para-hydroxylation sites is 5. The van der Waals surface area contributed by atoms with Crippen LogP contribution in [-0.4, -0.2) is 9.13 Å². The van der Waals surface area contributed by atoms with Crippen LogP contribution in [0.15, 0.2) is 192 Å². The molecule has 272 valence electrons. The Balaban J connectivity index is 1.10. The summed E-state index contributed by atoms with van der Waals surface area (Å²) in [4.78, 5) is 2.37. The molecule has 8 aromatic carbocycles. The van der Waals surface area contributed by atoms with E-state index in [1.54, 1.807) is 0 Å². The Morgan fingerprint density at radius 3 is 1.57 bits per heavy atom. The summed E-state index contributed by atoms with van der Waals surface area (Å²) in [7, 11) is 0. The van der Waals surface area contributed by atoms with Crippen molar-refractivity contribution in [2.75, 3.05) is 4.90 Å². The van der Waals surface area contributed by atoms with E-state index in [0.29, 0.717) is 0 Å². The van der Waals surface area contributed by atoms with Gasteiger partial charge in [0.15, 0.2) is 0 Å². The molecule has 0 unspecified atom stereocenters. The van der Waals surface area contributed by atoms with Gasteiger partial charge in [0, 0.05) is 43.9 Å². The second-order valence-corrected chi connectivity index (χ2v) is 15.8. The van der Waals surface area contributed by atoms with Crippen molar-refractivity contribution in [1.29, 1.82) is 0 Å². The summed E-state index contributed by atoms with van der Waals surface area (Å²) in [5.74, 6) is 0.886. The maximum atomic E-state index is 6.95. The van der Waals surface area contributed by atoms with Gasteiger partial charge in [0.2, 0.25) is 5.88 Å². The first kappa shape index (κ1) is 31.6. The van der Waals surface area contributed by atoms with Crippen LogP contribution in [0.5, 0.6) is 0 Å². The molecule has 11 aromatic rings. The highest BCUT2D eigenvalue weighted by Crippen LogP contribution is 2.55. The summed E-state index contributed by atoms with van der Waals surface area (Å²) in [5, 5.41) is 6.09. The predicted octanol–water partition coefficient (Wildman–Crippen LogP) is 14.4. The average molecular weight is 742 g/mol. The number of aromatic nitrogens is 2. The molecule has 4 heteroatoms. The molecule has 58 heavy (non-hydrogen) atoms. The number of fused-ring (bicyclic) bond motifs is 16. The fourth-order valence-corrected chi connectivity index (χ4v) is 10.1. The maximum Gasteiger partial charge on any atom is 0.213 e. The van der Waals surface area contributed by atoms with Crippen molar-refractivity contribution < 1.29 is 4.42 Å². The Morgan fingerprint density at radius 1 is 0.448 bits per heavy atom. The summed E-state index contributed by atoms with van der Waals surface area (Å²) in [5.41, 5.74) is 18.8. The number of hydrogen-bond acceptors (Lipinski definition) is 2. The summed E-state index contributed by atoms with van der Waals surface area (Å²) in [6, 6.07) is 66.5. The van der Waals surface area contributed by atoms with Crippen LogP contribution in [-0.2, 0) is 6.42 Å². The van der Waals surface area contributed by atoms with E-state index in [9.17, 15) is 0 Å². The van der Waals surface area contributed by atoms with Crippen molar-refractivity contribution in [3.05, 3.63) is 199 Å². The molecule has 0 radical (unpaired) electrons. The Morgan fingerprint density at radius 2 is 0.966 bits per heavy atom. The monoisotopic (exact) mass is 741 g/mol. The minimum absolute atomic E-state index is 0.881. The van der Waals surface area contributed by atoms with Crippen molar-refractivity contribution in [2.24, 2.45) is 0 Å². The number of benzene rings is 8. The van der Waals surface area contributed by atoms with Crippen LogP contribution in [0.4, 0.5) is 11.6 Å². The van der Waals surface area contributed by atoms with Gasteiger partial charge in [0.1, 0.15) is 5.58 Å². The molecule has 5 heterocycles. The van der Waals surface area contributed by atoms with Crippen LogP contribution in [0.3, 0.4) is 0 Å². The van der Waals surface area contributed by atoms with Crippen LogP contribution in [0.1, 0.15) is 18.1 Å². The minimum atomic E-state index is 0.881. The Hall–Kier alpha value is -7.56. The zero-order valence-corrected chi connectivity index (χ0v) is 31.8. The third kappa shape index (κ3) is 4.29. The van der Waals surface area contributed by atoms with Crippen LogP contribution in [0, 0.1) is 0 Å². The molecule has 0 fully saturated rings. The van der Waals surface area contributed by atoms with Crippen molar-refractivity contribution >= 4 is 71.8 Å². The van der Waals surface area contributed by atoms with Gasteiger partial charge < -0.3 is 13.6 Å². The third-order valence-corrected chi connectivity index (χ3v) is 12.6. The van der Waals surface area contributed by atoms with Crippen molar-refractivity contribution in [3.8, 4) is 33.6 Å².